The minimum atomic E-state index is -0.787. The number of urea groups is 1. The van der Waals surface area contributed by atoms with Crippen LogP contribution < -0.4 is 21.7 Å². The SMILES string of the molecule is CC(C)(C)c1ccc(NC(=O)[C@H](Cc2ccc(CN)cc2)NC(=O)Nc2ccc3c(c2)Cc2ccccc2-3)cc1. The molecule has 1 aliphatic rings. The summed E-state index contributed by atoms with van der Waals surface area (Å²) in [5.74, 6) is -0.286. The van der Waals surface area contributed by atoms with E-state index in [-0.39, 0.29) is 11.3 Å². The van der Waals surface area contributed by atoms with E-state index < -0.39 is 12.1 Å². The molecule has 6 nitrogen and oxygen atoms in total. The van der Waals surface area contributed by atoms with E-state index in [1.807, 2.05) is 78.9 Å². The average Bonchev–Trinajstić information content (AvgIpc) is 3.30. The van der Waals surface area contributed by atoms with Crippen LogP contribution in [-0.4, -0.2) is 18.0 Å². The number of amides is 3. The van der Waals surface area contributed by atoms with Crippen LogP contribution in [0.1, 0.15) is 48.6 Å². The molecule has 204 valence electrons. The molecule has 0 saturated carbocycles. The normalized spacial score (nSPS) is 12.7. The van der Waals surface area contributed by atoms with Crippen LogP contribution in [0.15, 0.2) is 91.0 Å². The molecule has 0 aliphatic heterocycles. The number of hydrogen-bond donors (Lipinski definition) is 4. The lowest BCUT2D eigenvalue weighted by Crippen LogP contribution is -2.46. The van der Waals surface area contributed by atoms with Crippen molar-refractivity contribution >= 4 is 23.3 Å². The van der Waals surface area contributed by atoms with Crippen molar-refractivity contribution in [3.8, 4) is 11.1 Å². The molecule has 5 N–H and O–H groups in total. The van der Waals surface area contributed by atoms with Crippen LogP contribution in [0.25, 0.3) is 11.1 Å². The summed E-state index contributed by atoms with van der Waals surface area (Å²) in [6.07, 6.45) is 1.17. The van der Waals surface area contributed by atoms with Crippen molar-refractivity contribution in [2.45, 2.75) is 51.6 Å². The molecule has 0 bridgehead atoms. The molecule has 4 aromatic rings. The van der Waals surface area contributed by atoms with Crippen LogP contribution in [-0.2, 0) is 29.6 Å². The van der Waals surface area contributed by atoms with Gasteiger partial charge in [-0.2, -0.15) is 0 Å². The Morgan fingerprint density at radius 2 is 1.43 bits per heavy atom. The molecule has 4 aromatic carbocycles. The first-order chi connectivity index (χ1) is 19.2. The summed E-state index contributed by atoms with van der Waals surface area (Å²) in [7, 11) is 0. The van der Waals surface area contributed by atoms with Gasteiger partial charge >= 0.3 is 6.03 Å². The highest BCUT2D eigenvalue weighted by atomic mass is 16.2. The number of carbonyl (C=O) groups excluding carboxylic acids is 2. The predicted octanol–water partition coefficient (Wildman–Crippen LogP) is 6.39. The average molecular weight is 533 g/mol. The van der Waals surface area contributed by atoms with Gasteiger partial charge < -0.3 is 21.7 Å². The van der Waals surface area contributed by atoms with E-state index in [1.165, 1.54) is 27.8 Å². The van der Waals surface area contributed by atoms with E-state index in [0.717, 1.165) is 17.5 Å². The molecule has 0 saturated heterocycles. The lowest BCUT2D eigenvalue weighted by Gasteiger charge is -2.21. The van der Waals surface area contributed by atoms with Gasteiger partial charge in [-0.15, -0.1) is 0 Å². The minimum absolute atomic E-state index is 0.0146. The molecule has 0 fully saturated rings. The zero-order valence-electron chi connectivity index (χ0n) is 23.3. The van der Waals surface area contributed by atoms with Gasteiger partial charge in [-0.1, -0.05) is 87.5 Å². The summed E-state index contributed by atoms with van der Waals surface area (Å²) in [6, 6.07) is 28.7. The lowest BCUT2D eigenvalue weighted by molar-refractivity contribution is -0.117. The van der Waals surface area contributed by atoms with Crippen LogP contribution in [0.5, 0.6) is 0 Å². The first kappa shape index (κ1) is 27.2. The third kappa shape index (κ3) is 6.24. The number of anilines is 2. The Morgan fingerprint density at radius 3 is 2.12 bits per heavy atom. The fourth-order valence-corrected chi connectivity index (χ4v) is 5.09. The Labute approximate surface area is 236 Å². The maximum Gasteiger partial charge on any atom is 0.319 e. The predicted molar refractivity (Wildman–Crippen MR) is 162 cm³/mol. The third-order valence-electron chi connectivity index (χ3n) is 7.39. The van der Waals surface area contributed by atoms with Crippen molar-refractivity contribution in [3.05, 3.63) is 119 Å². The zero-order valence-corrected chi connectivity index (χ0v) is 23.3. The Hall–Kier alpha value is -4.42. The molecule has 0 aromatic heterocycles. The van der Waals surface area contributed by atoms with E-state index in [0.29, 0.717) is 24.3 Å². The highest BCUT2D eigenvalue weighted by molar-refractivity contribution is 5.99. The summed E-state index contributed by atoms with van der Waals surface area (Å²) in [5.41, 5.74) is 15.1. The van der Waals surface area contributed by atoms with E-state index in [9.17, 15) is 9.59 Å². The third-order valence-corrected chi connectivity index (χ3v) is 7.39. The van der Waals surface area contributed by atoms with Crippen molar-refractivity contribution in [2.75, 3.05) is 10.6 Å². The largest absolute Gasteiger partial charge is 0.326 e. The molecular formula is C34H36N4O2. The van der Waals surface area contributed by atoms with Gasteiger partial charge in [-0.05, 0) is 75.0 Å². The molecular weight excluding hydrogens is 496 g/mol. The van der Waals surface area contributed by atoms with Gasteiger partial charge in [-0.3, -0.25) is 4.79 Å². The molecule has 0 radical (unpaired) electrons. The Morgan fingerprint density at radius 1 is 0.775 bits per heavy atom. The molecule has 0 spiro atoms. The second-order valence-corrected chi connectivity index (χ2v) is 11.4. The van der Waals surface area contributed by atoms with Crippen molar-refractivity contribution in [2.24, 2.45) is 5.73 Å². The first-order valence-corrected chi connectivity index (χ1v) is 13.7. The number of carbonyl (C=O) groups is 2. The molecule has 40 heavy (non-hydrogen) atoms. The first-order valence-electron chi connectivity index (χ1n) is 13.7. The number of nitrogens with one attached hydrogen (secondary N) is 3. The molecule has 3 amide bonds. The molecule has 1 atom stereocenters. The summed E-state index contributed by atoms with van der Waals surface area (Å²) in [5, 5.41) is 8.80. The standard InChI is InChI=1S/C34H36N4O2/c1-34(2,3)26-12-14-27(15-13-26)36-32(39)31(18-22-8-10-23(21-35)11-9-22)38-33(40)37-28-16-17-30-25(20-28)19-24-6-4-5-7-29(24)30/h4-17,20,31H,18-19,21,35H2,1-3H3,(H,36,39)(H2,37,38,40)/t31-/m0/s1. The van der Waals surface area contributed by atoms with Gasteiger partial charge in [0.15, 0.2) is 0 Å². The second kappa shape index (κ2) is 11.4. The highest BCUT2D eigenvalue weighted by Crippen LogP contribution is 2.37. The second-order valence-electron chi connectivity index (χ2n) is 11.4. The van der Waals surface area contributed by atoms with E-state index in [2.05, 4.69) is 48.9 Å². The van der Waals surface area contributed by atoms with Gasteiger partial charge in [0.1, 0.15) is 6.04 Å². The smallest absolute Gasteiger partial charge is 0.319 e. The topological polar surface area (TPSA) is 96.2 Å². The van der Waals surface area contributed by atoms with Crippen molar-refractivity contribution in [1.82, 2.24) is 5.32 Å². The van der Waals surface area contributed by atoms with Crippen molar-refractivity contribution in [3.63, 3.8) is 0 Å². The number of nitrogens with two attached hydrogens (primary N) is 1. The van der Waals surface area contributed by atoms with E-state index in [1.54, 1.807) is 0 Å². The van der Waals surface area contributed by atoms with Gasteiger partial charge in [0.05, 0.1) is 0 Å². The van der Waals surface area contributed by atoms with Crippen LogP contribution in [0.3, 0.4) is 0 Å². The van der Waals surface area contributed by atoms with E-state index in [4.69, 9.17) is 5.73 Å². The monoisotopic (exact) mass is 532 g/mol. The lowest BCUT2D eigenvalue weighted by atomic mass is 9.87. The number of fused-ring (bicyclic) bond motifs is 3. The molecule has 0 heterocycles. The van der Waals surface area contributed by atoms with Crippen molar-refractivity contribution < 1.29 is 9.59 Å². The number of hydrogen-bond acceptors (Lipinski definition) is 3. The zero-order chi connectivity index (χ0) is 28.3. The van der Waals surface area contributed by atoms with Gasteiger partial charge in [0.2, 0.25) is 5.91 Å². The van der Waals surface area contributed by atoms with Crippen LogP contribution in [0.4, 0.5) is 16.2 Å². The summed E-state index contributed by atoms with van der Waals surface area (Å²) < 4.78 is 0. The van der Waals surface area contributed by atoms with Crippen LogP contribution in [0.2, 0.25) is 0 Å². The quantitative estimate of drug-likeness (QED) is 0.196. The van der Waals surface area contributed by atoms with E-state index >= 15 is 0 Å². The summed E-state index contributed by atoms with van der Waals surface area (Å²) in [4.78, 5) is 26.5. The van der Waals surface area contributed by atoms with Crippen LogP contribution in [0, 0.1) is 0 Å². The Bertz CT molecular complexity index is 1520. The van der Waals surface area contributed by atoms with Crippen molar-refractivity contribution in [1.29, 1.82) is 0 Å². The fraction of sp³-hybridized carbons (Fsp3) is 0.235. The van der Waals surface area contributed by atoms with Gasteiger partial charge in [0, 0.05) is 24.3 Å². The van der Waals surface area contributed by atoms with Gasteiger partial charge in [-0.25, -0.2) is 4.79 Å². The molecule has 5 rings (SSSR count). The fourth-order valence-electron chi connectivity index (χ4n) is 5.09. The Balaban J connectivity index is 1.30. The number of rotatable bonds is 7. The maximum absolute atomic E-state index is 13.4. The molecule has 6 heteroatoms. The summed E-state index contributed by atoms with van der Waals surface area (Å²) >= 11 is 0. The molecule has 1 aliphatic carbocycles. The van der Waals surface area contributed by atoms with Gasteiger partial charge in [0.25, 0.3) is 0 Å². The minimum Gasteiger partial charge on any atom is -0.326 e. The summed E-state index contributed by atoms with van der Waals surface area (Å²) in [6.45, 7) is 6.89. The van der Waals surface area contributed by atoms with Crippen LogP contribution >= 0.6 is 0 Å². The maximum atomic E-state index is 13.4. The molecule has 0 unspecified atom stereocenters. The number of benzene rings is 4. The highest BCUT2D eigenvalue weighted by Gasteiger charge is 2.23. The Kier molecular flexibility index (Phi) is 7.71.